The summed E-state index contributed by atoms with van der Waals surface area (Å²) in [4.78, 5) is 35.2. The second-order valence-corrected chi connectivity index (χ2v) is 7.63. The van der Waals surface area contributed by atoms with E-state index in [0.29, 0.717) is 11.9 Å². The lowest BCUT2D eigenvalue weighted by molar-refractivity contribution is 0.0600. The lowest BCUT2D eigenvalue weighted by Gasteiger charge is -2.10. The summed E-state index contributed by atoms with van der Waals surface area (Å²) in [6.07, 6.45) is 0. The number of methoxy groups -OCH3 is 3. The van der Waals surface area contributed by atoms with Crippen LogP contribution in [-0.2, 0) is 20.5 Å². The Kier molecular flexibility index (Phi) is 7.55. The predicted octanol–water partition coefficient (Wildman–Crippen LogP) is 0.512. The van der Waals surface area contributed by atoms with E-state index in [1.54, 1.807) is 12.1 Å². The van der Waals surface area contributed by atoms with Gasteiger partial charge in [0.2, 0.25) is 15.2 Å². The molecule has 0 unspecified atom stereocenters. The molecule has 1 aromatic carbocycles. The fraction of sp³-hybridized carbons (Fsp3) is 0.267. The number of rotatable bonds is 8. The Hall–Kier alpha value is -3.13. The van der Waals surface area contributed by atoms with E-state index < -0.39 is 27.8 Å². The smallest absolute Gasteiger partial charge is 0.338 e. The Morgan fingerprint density at radius 1 is 1.03 bits per heavy atom. The molecule has 0 spiro atoms. The number of ether oxygens (including phenoxy) is 3. The lowest BCUT2D eigenvalue weighted by Crippen LogP contribution is -2.37. The first-order valence-electron chi connectivity index (χ1n) is 7.75. The highest BCUT2D eigenvalue weighted by Gasteiger charge is 2.20. The summed E-state index contributed by atoms with van der Waals surface area (Å²) >= 11 is 0.623. The zero-order chi connectivity index (χ0) is 21.4. The van der Waals surface area contributed by atoms with Crippen LogP contribution in [0.2, 0.25) is 0 Å². The number of esters is 1. The zero-order valence-electron chi connectivity index (χ0n) is 15.5. The molecule has 2 N–H and O–H groups in total. The first-order valence-corrected chi connectivity index (χ1v) is 10.2. The Balaban J connectivity index is 2.03. The van der Waals surface area contributed by atoms with E-state index >= 15 is 0 Å². The van der Waals surface area contributed by atoms with Crippen LogP contribution in [0.3, 0.4) is 0 Å². The highest BCUT2D eigenvalue weighted by molar-refractivity contribution is 7.98. The monoisotopic (exact) mass is 443 g/mol. The number of benzene rings is 1. The van der Waals surface area contributed by atoms with Gasteiger partial charge >= 0.3 is 24.0 Å². The average Bonchev–Trinajstić information content (AvgIpc) is 2.71. The van der Waals surface area contributed by atoms with Crippen molar-refractivity contribution in [1.82, 2.24) is 24.4 Å². The van der Waals surface area contributed by atoms with E-state index in [4.69, 9.17) is 9.47 Å². The molecule has 0 aliphatic heterocycles. The zero-order valence-corrected chi connectivity index (χ0v) is 17.2. The second kappa shape index (κ2) is 9.88. The molecular weight excluding hydrogens is 426 g/mol. The minimum atomic E-state index is -4.11. The van der Waals surface area contributed by atoms with Crippen LogP contribution in [0.15, 0.2) is 29.4 Å². The highest BCUT2D eigenvalue weighted by atomic mass is 32.2. The maximum absolute atomic E-state index is 12.3. The first kappa shape index (κ1) is 22.2. The van der Waals surface area contributed by atoms with E-state index in [2.05, 4.69) is 24.4 Å². The van der Waals surface area contributed by atoms with Gasteiger partial charge in [-0.2, -0.15) is 9.97 Å². The van der Waals surface area contributed by atoms with E-state index in [1.165, 1.54) is 33.5 Å². The highest BCUT2D eigenvalue weighted by Crippen LogP contribution is 2.16. The van der Waals surface area contributed by atoms with Crippen molar-refractivity contribution in [3.63, 3.8) is 0 Å². The third kappa shape index (κ3) is 6.46. The molecule has 1 aromatic heterocycles. The molecule has 1 heterocycles. The van der Waals surface area contributed by atoms with Crippen LogP contribution < -0.4 is 18.9 Å². The summed E-state index contributed by atoms with van der Waals surface area (Å²) in [7, 11) is -0.261. The standard InChI is InChI=1S/C15H17N5O7S2/c1-25-11(21)10-7-5-4-6-9(10)8-29(23,24)20-12(22)19-28-15-17-13(26-2)16-14(18-15)27-3/h4-7H,8H2,1-3H3,(H2,19,20,22). The fourth-order valence-corrected chi connectivity index (χ4v) is 3.61. The summed E-state index contributed by atoms with van der Waals surface area (Å²) in [5, 5.41) is 0.0114. The SMILES string of the molecule is COC(=O)c1ccccc1CS(=O)(=O)NC(=O)NSc1nc(OC)nc(OC)n1. The topological polar surface area (TPSA) is 159 Å². The normalized spacial score (nSPS) is 10.7. The first-order chi connectivity index (χ1) is 13.8. The number of nitrogens with one attached hydrogen (secondary N) is 2. The van der Waals surface area contributed by atoms with Crippen molar-refractivity contribution in [3.05, 3.63) is 35.4 Å². The number of hydrogen-bond donors (Lipinski definition) is 2. The predicted molar refractivity (Wildman–Crippen MR) is 101 cm³/mol. The van der Waals surface area contributed by atoms with Gasteiger partial charge in [-0.1, -0.05) is 18.2 Å². The molecule has 0 saturated carbocycles. The van der Waals surface area contributed by atoms with Crippen LogP contribution in [0, 0.1) is 0 Å². The van der Waals surface area contributed by atoms with Crippen LogP contribution >= 0.6 is 11.9 Å². The number of carbonyl (C=O) groups is 2. The lowest BCUT2D eigenvalue weighted by atomic mass is 10.1. The van der Waals surface area contributed by atoms with Crippen molar-refractivity contribution in [2.45, 2.75) is 10.9 Å². The molecule has 156 valence electrons. The number of aromatic nitrogens is 3. The van der Waals surface area contributed by atoms with Crippen LogP contribution in [0.25, 0.3) is 0 Å². The molecule has 14 heteroatoms. The van der Waals surface area contributed by atoms with Crippen LogP contribution in [-0.4, -0.2) is 56.7 Å². The molecule has 0 bridgehead atoms. The number of nitrogens with zero attached hydrogens (tertiary/aromatic N) is 3. The van der Waals surface area contributed by atoms with Gasteiger partial charge in [0.05, 0.1) is 32.6 Å². The molecule has 0 saturated heterocycles. The van der Waals surface area contributed by atoms with Gasteiger partial charge in [-0.3, -0.25) is 4.72 Å². The summed E-state index contributed by atoms with van der Waals surface area (Å²) in [5.41, 5.74) is 0.263. The van der Waals surface area contributed by atoms with Gasteiger partial charge < -0.3 is 14.2 Å². The molecule has 29 heavy (non-hydrogen) atoms. The molecule has 12 nitrogen and oxygen atoms in total. The maximum atomic E-state index is 12.3. The summed E-state index contributed by atoms with van der Waals surface area (Å²) in [6.45, 7) is 0. The van der Waals surface area contributed by atoms with Crippen LogP contribution in [0.4, 0.5) is 4.79 Å². The Bertz CT molecular complexity index is 978. The number of hydrogen-bond acceptors (Lipinski definition) is 11. The molecule has 0 aliphatic carbocycles. The Labute approximate surface area is 170 Å². The Morgan fingerprint density at radius 2 is 1.66 bits per heavy atom. The summed E-state index contributed by atoms with van der Waals surface area (Å²) in [6, 6.07) is 4.87. The number of amides is 2. The van der Waals surface area contributed by atoms with E-state index in [9.17, 15) is 18.0 Å². The van der Waals surface area contributed by atoms with Gasteiger partial charge in [-0.05, 0) is 11.6 Å². The minimum Gasteiger partial charge on any atom is -0.467 e. The van der Waals surface area contributed by atoms with Crippen molar-refractivity contribution in [2.75, 3.05) is 21.3 Å². The van der Waals surface area contributed by atoms with Crippen molar-refractivity contribution in [1.29, 1.82) is 0 Å². The second-order valence-electron chi connectivity index (χ2n) is 5.13. The van der Waals surface area contributed by atoms with Crippen molar-refractivity contribution >= 4 is 34.0 Å². The van der Waals surface area contributed by atoms with Crippen molar-refractivity contribution in [2.24, 2.45) is 0 Å². The van der Waals surface area contributed by atoms with Gasteiger partial charge in [0, 0.05) is 11.9 Å². The number of urea groups is 1. The molecule has 0 atom stereocenters. The van der Waals surface area contributed by atoms with Crippen molar-refractivity contribution in [3.8, 4) is 12.0 Å². The van der Waals surface area contributed by atoms with Crippen LogP contribution in [0.5, 0.6) is 12.0 Å². The van der Waals surface area contributed by atoms with E-state index in [0.717, 1.165) is 0 Å². The van der Waals surface area contributed by atoms with Gasteiger partial charge in [0.1, 0.15) is 0 Å². The van der Waals surface area contributed by atoms with Crippen molar-refractivity contribution < 1.29 is 32.2 Å². The largest absolute Gasteiger partial charge is 0.467 e. The molecule has 2 amide bonds. The van der Waals surface area contributed by atoms with Gasteiger partial charge in [-0.25, -0.2) is 22.7 Å². The quantitative estimate of drug-likeness (QED) is 0.432. The number of carbonyl (C=O) groups excluding carboxylic acids is 2. The van der Waals surface area contributed by atoms with Crippen LogP contribution in [0.1, 0.15) is 15.9 Å². The van der Waals surface area contributed by atoms with Gasteiger partial charge in [-0.15, -0.1) is 4.98 Å². The summed E-state index contributed by atoms with van der Waals surface area (Å²) in [5.74, 6) is -1.29. The van der Waals surface area contributed by atoms with Gasteiger partial charge in [0.25, 0.3) is 0 Å². The summed E-state index contributed by atoms with van der Waals surface area (Å²) < 4.78 is 43.0. The third-order valence-corrected chi connectivity index (χ3v) is 5.03. The molecular formula is C15H17N5O7S2. The molecule has 2 aromatic rings. The van der Waals surface area contributed by atoms with Gasteiger partial charge in [0.15, 0.2) is 0 Å². The average molecular weight is 443 g/mol. The number of sulfonamides is 1. The molecule has 0 radical (unpaired) electrons. The van der Waals surface area contributed by atoms with E-state index in [1.807, 2.05) is 4.72 Å². The molecule has 2 rings (SSSR count). The molecule has 0 fully saturated rings. The van der Waals surface area contributed by atoms with E-state index in [-0.39, 0.29) is 28.3 Å². The maximum Gasteiger partial charge on any atom is 0.338 e. The Morgan fingerprint density at radius 3 is 2.24 bits per heavy atom. The fourth-order valence-electron chi connectivity index (χ4n) is 2.00. The minimum absolute atomic E-state index is 0.0114. The third-order valence-electron chi connectivity index (χ3n) is 3.19. The molecule has 0 aliphatic rings.